The lowest BCUT2D eigenvalue weighted by molar-refractivity contribution is 1.18. The molecule has 0 fully saturated rings. The maximum Gasteiger partial charge on any atom is 0.0547 e. The molecule has 0 aliphatic heterocycles. The van der Waals surface area contributed by atoms with Gasteiger partial charge < -0.3 is 9.47 Å². The molecule has 2 nitrogen and oxygen atoms in total. The predicted molar refractivity (Wildman–Crippen MR) is 255 cm³/mol. The lowest BCUT2D eigenvalue weighted by Crippen LogP contribution is -2.10. The largest absolute Gasteiger partial charge is 0.310 e. The highest BCUT2D eigenvalue weighted by Gasteiger charge is 2.19. The third-order valence-electron chi connectivity index (χ3n) is 11.8. The Hall–Kier alpha value is -7.94. The van der Waals surface area contributed by atoms with Crippen LogP contribution in [0.1, 0.15) is 0 Å². The quantitative estimate of drug-likeness (QED) is 0.150. The minimum Gasteiger partial charge on any atom is -0.310 e. The van der Waals surface area contributed by atoms with Gasteiger partial charge >= 0.3 is 0 Å². The van der Waals surface area contributed by atoms with E-state index in [1.54, 1.807) is 0 Å². The van der Waals surface area contributed by atoms with E-state index in [1.165, 1.54) is 71.5 Å². The van der Waals surface area contributed by atoms with Crippen LogP contribution >= 0.6 is 0 Å². The minimum atomic E-state index is 1.09. The van der Waals surface area contributed by atoms with Crippen molar-refractivity contribution in [2.24, 2.45) is 0 Å². The summed E-state index contributed by atoms with van der Waals surface area (Å²) in [5.41, 5.74) is 16.4. The van der Waals surface area contributed by atoms with Crippen LogP contribution in [-0.2, 0) is 0 Å². The van der Waals surface area contributed by atoms with Crippen molar-refractivity contribution >= 4 is 49.6 Å². The van der Waals surface area contributed by atoms with Gasteiger partial charge in [0.15, 0.2) is 0 Å². The fraction of sp³-hybridized carbons (Fsp3) is 0. The molecule has 10 aromatic carbocycles. The SMILES string of the molecule is c1ccc(-c2ccc(-c3ccc(N(c4ccc(-c5ccccc5-n5c6ccccc6c6c7ccccc7ccc65)cc4)c4cccc(-c5ccccc5)c4)cc3)cc2)cc1. The number of hydrogen-bond acceptors (Lipinski definition) is 1. The van der Waals surface area contributed by atoms with Gasteiger partial charge in [0, 0.05) is 33.4 Å². The van der Waals surface area contributed by atoms with Crippen molar-refractivity contribution in [3.63, 3.8) is 0 Å². The molecule has 0 radical (unpaired) electrons. The van der Waals surface area contributed by atoms with Gasteiger partial charge in [-0.25, -0.2) is 0 Å². The fourth-order valence-corrected chi connectivity index (χ4v) is 8.89. The van der Waals surface area contributed by atoms with Gasteiger partial charge in [0.05, 0.1) is 16.7 Å². The molecule has 0 aliphatic rings. The first kappa shape index (κ1) is 35.2. The van der Waals surface area contributed by atoms with Gasteiger partial charge in [-0.1, -0.05) is 188 Å². The van der Waals surface area contributed by atoms with Gasteiger partial charge in [-0.2, -0.15) is 0 Å². The summed E-state index contributed by atoms with van der Waals surface area (Å²) >= 11 is 0. The monoisotopic (exact) mass is 764 g/mol. The molecule has 1 heterocycles. The average Bonchev–Trinajstić information content (AvgIpc) is 3.68. The van der Waals surface area contributed by atoms with Gasteiger partial charge in [0.1, 0.15) is 0 Å². The standard InChI is InChI=1S/C58H40N2/c1-3-14-41(15-4-1)43-26-28-44(29-27-43)45-30-35-49(36-31-45)59(51-20-13-19-48(40-51)42-16-5-2-6-17-42)50-37-32-47(33-38-50)52-21-9-11-24-55(52)60-56-25-12-10-23-54(56)58-53-22-8-7-18-46(53)34-39-57(58)60/h1-40H. The topological polar surface area (TPSA) is 8.17 Å². The van der Waals surface area contributed by atoms with Crippen molar-refractivity contribution < 1.29 is 0 Å². The summed E-state index contributed by atoms with van der Waals surface area (Å²) in [7, 11) is 0. The Bertz CT molecular complexity index is 3270. The second-order valence-electron chi connectivity index (χ2n) is 15.3. The van der Waals surface area contributed by atoms with Crippen LogP contribution in [0.25, 0.3) is 82.8 Å². The summed E-state index contributed by atoms with van der Waals surface area (Å²) in [6, 6.07) is 87.7. The molecular weight excluding hydrogens is 725 g/mol. The lowest BCUT2D eigenvalue weighted by atomic mass is 9.99. The number of aromatic nitrogens is 1. The van der Waals surface area contributed by atoms with Gasteiger partial charge in [-0.15, -0.1) is 0 Å². The molecule has 0 N–H and O–H groups in total. The Labute approximate surface area is 350 Å². The zero-order valence-corrected chi connectivity index (χ0v) is 33.0. The van der Waals surface area contributed by atoms with Crippen LogP contribution in [0, 0.1) is 0 Å². The molecule has 0 saturated carbocycles. The summed E-state index contributed by atoms with van der Waals surface area (Å²) in [5, 5.41) is 5.08. The highest BCUT2D eigenvalue weighted by Crippen LogP contribution is 2.42. The number of rotatable bonds is 8. The molecule has 60 heavy (non-hydrogen) atoms. The Morgan fingerprint density at radius 2 is 0.783 bits per heavy atom. The molecule has 0 spiro atoms. The van der Waals surface area contributed by atoms with E-state index in [4.69, 9.17) is 0 Å². The van der Waals surface area contributed by atoms with Crippen molar-refractivity contribution in [3.8, 4) is 50.2 Å². The van der Waals surface area contributed by atoms with Gasteiger partial charge in [0.25, 0.3) is 0 Å². The third-order valence-corrected chi connectivity index (χ3v) is 11.8. The number of nitrogens with zero attached hydrogens (tertiary/aromatic N) is 2. The summed E-state index contributed by atoms with van der Waals surface area (Å²) in [6.07, 6.45) is 0. The van der Waals surface area contributed by atoms with Gasteiger partial charge in [0.2, 0.25) is 0 Å². The molecule has 282 valence electrons. The minimum absolute atomic E-state index is 1.09. The second kappa shape index (κ2) is 15.1. The number of para-hydroxylation sites is 2. The maximum atomic E-state index is 2.44. The molecule has 0 amide bonds. The molecule has 0 atom stereocenters. The van der Waals surface area contributed by atoms with E-state index < -0.39 is 0 Å². The van der Waals surface area contributed by atoms with Gasteiger partial charge in [-0.05, 0) is 104 Å². The zero-order valence-electron chi connectivity index (χ0n) is 33.0. The number of hydrogen-bond donors (Lipinski definition) is 0. The second-order valence-corrected chi connectivity index (χ2v) is 15.3. The average molecular weight is 765 g/mol. The molecule has 11 rings (SSSR count). The van der Waals surface area contributed by atoms with Gasteiger partial charge in [-0.3, -0.25) is 0 Å². The van der Waals surface area contributed by atoms with E-state index in [-0.39, 0.29) is 0 Å². The van der Waals surface area contributed by atoms with Crippen LogP contribution in [0.3, 0.4) is 0 Å². The Morgan fingerprint density at radius 3 is 1.47 bits per heavy atom. The first-order valence-electron chi connectivity index (χ1n) is 20.6. The highest BCUT2D eigenvalue weighted by molar-refractivity contribution is 6.21. The highest BCUT2D eigenvalue weighted by atomic mass is 15.1. The normalized spacial score (nSPS) is 11.3. The van der Waals surface area contributed by atoms with Crippen molar-refractivity contribution in [3.05, 3.63) is 243 Å². The van der Waals surface area contributed by atoms with E-state index in [0.717, 1.165) is 28.3 Å². The van der Waals surface area contributed by atoms with Crippen molar-refractivity contribution in [2.75, 3.05) is 4.90 Å². The zero-order chi connectivity index (χ0) is 39.8. The van der Waals surface area contributed by atoms with E-state index in [2.05, 4.69) is 252 Å². The summed E-state index contributed by atoms with van der Waals surface area (Å²) in [4.78, 5) is 2.36. The molecule has 0 aliphatic carbocycles. The van der Waals surface area contributed by atoms with E-state index >= 15 is 0 Å². The Morgan fingerprint density at radius 1 is 0.283 bits per heavy atom. The molecule has 1 aromatic heterocycles. The first-order valence-corrected chi connectivity index (χ1v) is 20.6. The van der Waals surface area contributed by atoms with Crippen molar-refractivity contribution in [2.45, 2.75) is 0 Å². The molecule has 0 unspecified atom stereocenters. The fourth-order valence-electron chi connectivity index (χ4n) is 8.89. The Kier molecular flexibility index (Phi) is 8.87. The molecular formula is C58H40N2. The van der Waals surface area contributed by atoms with E-state index in [1.807, 2.05) is 0 Å². The predicted octanol–water partition coefficient (Wildman–Crippen LogP) is 16.1. The third kappa shape index (κ3) is 6.32. The molecule has 0 saturated heterocycles. The van der Waals surface area contributed by atoms with Crippen LogP contribution in [0.15, 0.2) is 243 Å². The number of fused-ring (bicyclic) bond motifs is 5. The molecule has 2 heteroatoms. The van der Waals surface area contributed by atoms with Crippen LogP contribution in [0.4, 0.5) is 17.1 Å². The lowest BCUT2D eigenvalue weighted by Gasteiger charge is -2.26. The molecule has 11 aromatic rings. The number of benzene rings is 10. The van der Waals surface area contributed by atoms with Crippen molar-refractivity contribution in [1.82, 2.24) is 4.57 Å². The molecule has 0 bridgehead atoms. The maximum absolute atomic E-state index is 2.44. The number of anilines is 3. The van der Waals surface area contributed by atoms with Crippen LogP contribution in [0.5, 0.6) is 0 Å². The van der Waals surface area contributed by atoms with Crippen LogP contribution in [0.2, 0.25) is 0 Å². The smallest absolute Gasteiger partial charge is 0.0547 e. The Balaban J connectivity index is 0.994. The van der Waals surface area contributed by atoms with E-state index in [9.17, 15) is 0 Å². The summed E-state index contributed by atoms with van der Waals surface area (Å²) in [6.45, 7) is 0. The van der Waals surface area contributed by atoms with E-state index in [0.29, 0.717) is 0 Å². The van der Waals surface area contributed by atoms with Crippen LogP contribution in [-0.4, -0.2) is 4.57 Å². The summed E-state index contributed by atoms with van der Waals surface area (Å²) in [5.74, 6) is 0. The van der Waals surface area contributed by atoms with Crippen LogP contribution < -0.4 is 4.90 Å². The first-order chi connectivity index (χ1) is 29.8. The van der Waals surface area contributed by atoms with Crippen molar-refractivity contribution in [1.29, 1.82) is 0 Å². The summed E-state index contributed by atoms with van der Waals surface area (Å²) < 4.78 is 2.44.